The van der Waals surface area contributed by atoms with Gasteiger partial charge in [0.25, 0.3) is 0 Å². The van der Waals surface area contributed by atoms with Crippen molar-refractivity contribution in [2.24, 2.45) is 5.41 Å². The highest BCUT2D eigenvalue weighted by atomic mass is 32.1. The molecule has 1 amide bonds. The van der Waals surface area contributed by atoms with E-state index in [4.69, 9.17) is 0 Å². The Hall–Kier alpha value is -0.220. The fraction of sp³-hybridized carbons (Fsp3) is 0.889. The first kappa shape index (κ1) is 10.9. The largest absolute Gasteiger partial charge is 0.396 e. The van der Waals surface area contributed by atoms with Crippen LogP contribution < -0.4 is 5.32 Å². The van der Waals surface area contributed by atoms with Gasteiger partial charge >= 0.3 is 0 Å². The lowest BCUT2D eigenvalue weighted by atomic mass is 9.87. The van der Waals surface area contributed by atoms with Gasteiger partial charge in [-0.1, -0.05) is 12.8 Å². The van der Waals surface area contributed by atoms with E-state index in [2.05, 4.69) is 17.9 Å². The molecule has 1 rings (SSSR count). The highest BCUT2D eigenvalue weighted by Gasteiger charge is 2.33. The summed E-state index contributed by atoms with van der Waals surface area (Å²) in [6.45, 7) is 0.781. The molecule has 0 atom stereocenters. The molecule has 2 N–H and O–H groups in total. The Labute approximate surface area is 84.3 Å². The van der Waals surface area contributed by atoms with Gasteiger partial charge in [0.15, 0.2) is 0 Å². The maximum absolute atomic E-state index is 11.0. The Balaban J connectivity index is 2.35. The van der Waals surface area contributed by atoms with Crippen LogP contribution >= 0.6 is 12.6 Å². The van der Waals surface area contributed by atoms with E-state index in [1.807, 2.05) is 0 Å². The normalized spacial score (nSPS) is 20.2. The smallest absolute Gasteiger partial charge is 0.229 e. The van der Waals surface area contributed by atoms with Crippen molar-refractivity contribution in [3.8, 4) is 0 Å². The van der Waals surface area contributed by atoms with Crippen LogP contribution in [0.15, 0.2) is 0 Å². The zero-order valence-electron chi connectivity index (χ0n) is 7.75. The average Bonchev–Trinajstić information content (AvgIpc) is 2.63. The van der Waals surface area contributed by atoms with Gasteiger partial charge in [-0.15, -0.1) is 0 Å². The summed E-state index contributed by atoms with van der Waals surface area (Å²) in [6.07, 6.45) is 4.38. The molecule has 1 saturated carbocycles. The predicted octanol–water partition coefficient (Wildman–Crippen LogP) is 0.585. The van der Waals surface area contributed by atoms with Gasteiger partial charge in [0.1, 0.15) is 0 Å². The third-order valence-corrected chi connectivity index (χ3v) is 3.09. The molecule has 4 heteroatoms. The summed E-state index contributed by atoms with van der Waals surface area (Å²) in [5, 5.41) is 12.0. The molecule has 0 aliphatic heterocycles. The second-order valence-electron chi connectivity index (χ2n) is 3.80. The lowest BCUT2D eigenvalue weighted by Crippen LogP contribution is -2.38. The molecular formula is C9H17NO2S. The molecule has 0 radical (unpaired) electrons. The summed E-state index contributed by atoms with van der Waals surface area (Å²) in [6, 6.07) is 0. The van der Waals surface area contributed by atoms with Crippen LogP contribution in [0, 0.1) is 5.41 Å². The van der Waals surface area contributed by atoms with Crippen molar-refractivity contribution < 1.29 is 9.90 Å². The van der Waals surface area contributed by atoms with Crippen LogP contribution in [0.2, 0.25) is 0 Å². The van der Waals surface area contributed by atoms with Crippen LogP contribution in [0.3, 0.4) is 0 Å². The summed E-state index contributed by atoms with van der Waals surface area (Å²) in [4.78, 5) is 11.0. The average molecular weight is 203 g/mol. The predicted molar refractivity (Wildman–Crippen MR) is 54.8 cm³/mol. The van der Waals surface area contributed by atoms with E-state index in [1.54, 1.807) is 0 Å². The molecule has 3 nitrogen and oxygen atoms in total. The van der Waals surface area contributed by atoms with Gasteiger partial charge in [0, 0.05) is 12.0 Å². The Morgan fingerprint density at radius 1 is 1.46 bits per heavy atom. The Kier molecular flexibility index (Phi) is 4.06. The molecule has 76 valence electrons. The highest BCUT2D eigenvalue weighted by Crippen LogP contribution is 2.36. The molecule has 13 heavy (non-hydrogen) atoms. The minimum atomic E-state index is -0.0527. The van der Waals surface area contributed by atoms with Gasteiger partial charge in [0.2, 0.25) is 5.91 Å². The first-order valence-corrected chi connectivity index (χ1v) is 5.34. The highest BCUT2D eigenvalue weighted by molar-refractivity contribution is 7.81. The maximum atomic E-state index is 11.0. The van der Waals surface area contributed by atoms with Gasteiger partial charge in [-0.3, -0.25) is 4.79 Å². The minimum Gasteiger partial charge on any atom is -0.396 e. The third kappa shape index (κ3) is 2.88. The number of hydrogen-bond donors (Lipinski definition) is 3. The van der Waals surface area contributed by atoms with E-state index >= 15 is 0 Å². The van der Waals surface area contributed by atoms with E-state index < -0.39 is 0 Å². The van der Waals surface area contributed by atoms with Crippen molar-refractivity contribution in [1.82, 2.24) is 5.32 Å². The van der Waals surface area contributed by atoms with E-state index in [9.17, 15) is 9.90 Å². The molecule has 1 aliphatic rings. The van der Waals surface area contributed by atoms with Crippen LogP contribution in [0.4, 0.5) is 0 Å². The fourth-order valence-corrected chi connectivity index (χ4v) is 1.97. The van der Waals surface area contributed by atoms with Gasteiger partial charge in [-0.05, 0) is 12.8 Å². The number of carbonyl (C=O) groups is 1. The molecule has 0 unspecified atom stereocenters. The lowest BCUT2D eigenvalue weighted by molar-refractivity contribution is -0.119. The quantitative estimate of drug-likeness (QED) is 0.586. The SMILES string of the molecule is O=C(CS)NCC1(CO)CCCC1. The number of amides is 1. The summed E-state index contributed by atoms with van der Waals surface area (Å²) < 4.78 is 0. The van der Waals surface area contributed by atoms with Gasteiger partial charge < -0.3 is 10.4 Å². The van der Waals surface area contributed by atoms with Crippen LogP contribution in [0.5, 0.6) is 0 Å². The number of rotatable bonds is 4. The van der Waals surface area contributed by atoms with E-state index in [0.29, 0.717) is 6.54 Å². The molecule has 1 aliphatic carbocycles. The van der Waals surface area contributed by atoms with Crippen molar-refractivity contribution >= 4 is 18.5 Å². The number of aliphatic hydroxyl groups is 1. The zero-order chi connectivity index (χ0) is 9.73. The van der Waals surface area contributed by atoms with Crippen molar-refractivity contribution in [3.63, 3.8) is 0 Å². The second-order valence-corrected chi connectivity index (χ2v) is 4.12. The molecular weight excluding hydrogens is 186 g/mol. The summed E-state index contributed by atoms with van der Waals surface area (Å²) in [5.74, 6) is 0.171. The molecule has 1 fully saturated rings. The molecule has 0 aromatic carbocycles. The second kappa shape index (κ2) is 4.86. The molecule has 0 spiro atoms. The van der Waals surface area contributed by atoms with Gasteiger partial charge in [-0.25, -0.2) is 0 Å². The first-order chi connectivity index (χ1) is 6.22. The van der Waals surface area contributed by atoms with Crippen molar-refractivity contribution in [1.29, 1.82) is 0 Å². The molecule has 0 aromatic rings. The van der Waals surface area contributed by atoms with Crippen molar-refractivity contribution in [2.75, 3.05) is 18.9 Å². The van der Waals surface area contributed by atoms with Crippen LogP contribution in [0.1, 0.15) is 25.7 Å². The lowest BCUT2D eigenvalue weighted by Gasteiger charge is -2.26. The van der Waals surface area contributed by atoms with Crippen molar-refractivity contribution in [2.45, 2.75) is 25.7 Å². The molecule has 0 bridgehead atoms. The van der Waals surface area contributed by atoms with Gasteiger partial charge in [0.05, 0.1) is 12.4 Å². The maximum Gasteiger partial charge on any atom is 0.229 e. The number of carbonyl (C=O) groups excluding carboxylic acids is 1. The Morgan fingerprint density at radius 3 is 2.54 bits per heavy atom. The summed E-state index contributed by atoms with van der Waals surface area (Å²) >= 11 is 3.87. The summed E-state index contributed by atoms with van der Waals surface area (Å²) in [7, 11) is 0. The van der Waals surface area contributed by atoms with Crippen LogP contribution in [0.25, 0.3) is 0 Å². The fourth-order valence-electron chi connectivity index (χ4n) is 1.86. The Morgan fingerprint density at radius 2 is 2.08 bits per heavy atom. The number of thiol groups is 1. The van der Waals surface area contributed by atoms with E-state index in [1.165, 1.54) is 0 Å². The first-order valence-electron chi connectivity index (χ1n) is 4.71. The number of nitrogens with one attached hydrogen (secondary N) is 1. The van der Waals surface area contributed by atoms with Crippen LogP contribution in [-0.4, -0.2) is 29.9 Å². The third-order valence-electron chi connectivity index (χ3n) is 2.80. The van der Waals surface area contributed by atoms with E-state index in [-0.39, 0.29) is 23.7 Å². The molecule has 0 aromatic heterocycles. The molecule has 0 saturated heterocycles. The van der Waals surface area contributed by atoms with Gasteiger partial charge in [-0.2, -0.15) is 12.6 Å². The number of hydrogen-bond acceptors (Lipinski definition) is 3. The Bertz CT molecular complexity index is 178. The minimum absolute atomic E-state index is 0.0430. The van der Waals surface area contributed by atoms with Crippen LogP contribution in [-0.2, 0) is 4.79 Å². The summed E-state index contributed by atoms with van der Waals surface area (Å²) in [5.41, 5.74) is -0.0430. The van der Waals surface area contributed by atoms with Crippen molar-refractivity contribution in [3.05, 3.63) is 0 Å². The topological polar surface area (TPSA) is 49.3 Å². The number of aliphatic hydroxyl groups excluding tert-OH is 1. The van der Waals surface area contributed by atoms with E-state index in [0.717, 1.165) is 25.7 Å². The standard InChI is InChI=1S/C9H17NO2S/c11-7-9(3-1-2-4-9)6-10-8(12)5-13/h11,13H,1-7H2,(H,10,12). The zero-order valence-corrected chi connectivity index (χ0v) is 8.65. The monoisotopic (exact) mass is 203 g/mol. The molecule has 0 heterocycles.